The molecule has 0 aromatic heterocycles. The Kier molecular flexibility index (Phi) is 4.22. The van der Waals surface area contributed by atoms with Crippen LogP contribution in [0.5, 0.6) is 0 Å². The first-order chi connectivity index (χ1) is 7.74. The van der Waals surface area contributed by atoms with Crippen molar-refractivity contribution in [2.45, 2.75) is 44.6 Å². The van der Waals surface area contributed by atoms with E-state index in [9.17, 15) is 0 Å². The van der Waals surface area contributed by atoms with Crippen molar-refractivity contribution >= 4 is 0 Å². The van der Waals surface area contributed by atoms with Crippen molar-refractivity contribution in [1.82, 2.24) is 4.90 Å². The summed E-state index contributed by atoms with van der Waals surface area (Å²) in [4.78, 5) is 2.50. The first kappa shape index (κ1) is 12.3. The van der Waals surface area contributed by atoms with E-state index in [1.165, 1.54) is 32.4 Å². The normalized spacial score (nSPS) is 36.0. The maximum Gasteiger partial charge on any atom is 0.0807 e. The Morgan fingerprint density at radius 3 is 2.69 bits per heavy atom. The zero-order valence-electron chi connectivity index (χ0n) is 10.6. The highest BCUT2D eigenvalue weighted by molar-refractivity contribution is 4.90. The molecule has 1 aliphatic heterocycles. The fourth-order valence-corrected chi connectivity index (χ4v) is 3.12. The molecule has 0 amide bonds. The molecule has 3 nitrogen and oxygen atoms in total. The molecule has 2 aliphatic rings. The summed E-state index contributed by atoms with van der Waals surface area (Å²) < 4.78 is 6.11. The highest BCUT2D eigenvalue weighted by atomic mass is 16.5. The van der Waals surface area contributed by atoms with E-state index >= 15 is 0 Å². The first-order valence-electron chi connectivity index (χ1n) is 6.80. The van der Waals surface area contributed by atoms with E-state index < -0.39 is 0 Å². The van der Waals surface area contributed by atoms with Gasteiger partial charge >= 0.3 is 0 Å². The number of hydrogen-bond acceptors (Lipinski definition) is 3. The van der Waals surface area contributed by atoms with Crippen LogP contribution in [0.4, 0.5) is 0 Å². The molecule has 1 aliphatic carbocycles. The van der Waals surface area contributed by atoms with Gasteiger partial charge in [-0.1, -0.05) is 6.92 Å². The summed E-state index contributed by atoms with van der Waals surface area (Å²) in [5.74, 6) is 0.787. The Hall–Kier alpha value is -0.120. The Morgan fingerprint density at radius 2 is 2.12 bits per heavy atom. The van der Waals surface area contributed by atoms with Gasteiger partial charge in [0.05, 0.1) is 12.2 Å². The van der Waals surface area contributed by atoms with E-state index in [2.05, 4.69) is 11.8 Å². The molecule has 0 aromatic rings. The Balaban J connectivity index is 1.70. The third kappa shape index (κ3) is 2.96. The van der Waals surface area contributed by atoms with Crippen LogP contribution < -0.4 is 5.73 Å². The Morgan fingerprint density at radius 1 is 1.38 bits per heavy atom. The minimum atomic E-state index is 0.0130. The van der Waals surface area contributed by atoms with E-state index in [4.69, 9.17) is 10.5 Å². The molecular weight excluding hydrogens is 200 g/mol. The Labute approximate surface area is 99.3 Å². The van der Waals surface area contributed by atoms with E-state index in [0.29, 0.717) is 6.54 Å². The molecule has 0 aromatic carbocycles. The molecular formula is C13H26N2O. The fraction of sp³-hybridized carbons (Fsp3) is 1.00. The van der Waals surface area contributed by atoms with Crippen LogP contribution in [0, 0.1) is 5.92 Å². The third-order valence-corrected chi connectivity index (χ3v) is 4.20. The van der Waals surface area contributed by atoms with Crippen molar-refractivity contribution in [2.75, 3.05) is 32.8 Å². The molecule has 1 saturated carbocycles. The van der Waals surface area contributed by atoms with Crippen molar-refractivity contribution < 1.29 is 4.74 Å². The fourth-order valence-electron chi connectivity index (χ4n) is 3.12. The minimum absolute atomic E-state index is 0.0130. The summed E-state index contributed by atoms with van der Waals surface area (Å²) in [6.07, 6.45) is 6.31. The Bertz CT molecular complexity index is 216. The van der Waals surface area contributed by atoms with Gasteiger partial charge in [0.2, 0.25) is 0 Å². The quantitative estimate of drug-likeness (QED) is 0.774. The lowest BCUT2D eigenvalue weighted by Crippen LogP contribution is -2.40. The first-order valence-corrected chi connectivity index (χ1v) is 6.80. The summed E-state index contributed by atoms with van der Waals surface area (Å²) in [6.45, 7) is 7.48. The molecule has 0 radical (unpaired) electrons. The SMILES string of the molecule is CC1CCC(CN)(OCCN2CCCC2)C1. The van der Waals surface area contributed by atoms with Gasteiger partial charge < -0.3 is 15.4 Å². The van der Waals surface area contributed by atoms with Crippen LogP contribution in [0.3, 0.4) is 0 Å². The lowest BCUT2D eigenvalue weighted by molar-refractivity contribution is -0.0419. The number of rotatable bonds is 5. The number of ether oxygens (including phenoxy) is 1. The maximum atomic E-state index is 6.11. The zero-order chi connectivity index (χ0) is 11.4. The van der Waals surface area contributed by atoms with Crippen molar-refractivity contribution in [3.05, 3.63) is 0 Å². The maximum absolute atomic E-state index is 6.11. The van der Waals surface area contributed by atoms with Crippen LogP contribution in [-0.2, 0) is 4.74 Å². The lowest BCUT2D eigenvalue weighted by Gasteiger charge is -2.29. The highest BCUT2D eigenvalue weighted by Gasteiger charge is 2.37. The predicted octanol–water partition coefficient (Wildman–Crippen LogP) is 1.62. The van der Waals surface area contributed by atoms with Gasteiger partial charge in [-0.25, -0.2) is 0 Å². The number of nitrogens with zero attached hydrogens (tertiary/aromatic N) is 1. The molecule has 1 heterocycles. The van der Waals surface area contributed by atoms with Gasteiger partial charge in [0, 0.05) is 13.1 Å². The van der Waals surface area contributed by atoms with Crippen LogP contribution in [0.1, 0.15) is 39.0 Å². The van der Waals surface area contributed by atoms with Gasteiger partial charge in [0.25, 0.3) is 0 Å². The molecule has 0 spiro atoms. The van der Waals surface area contributed by atoms with Crippen molar-refractivity contribution in [2.24, 2.45) is 11.7 Å². The second kappa shape index (κ2) is 5.48. The number of nitrogens with two attached hydrogens (primary N) is 1. The minimum Gasteiger partial charge on any atom is -0.372 e. The topological polar surface area (TPSA) is 38.5 Å². The average molecular weight is 226 g/mol. The number of likely N-dealkylation sites (tertiary alicyclic amines) is 1. The molecule has 16 heavy (non-hydrogen) atoms. The summed E-state index contributed by atoms with van der Waals surface area (Å²) in [5, 5.41) is 0. The predicted molar refractivity (Wildman–Crippen MR) is 66.4 cm³/mol. The van der Waals surface area contributed by atoms with Gasteiger partial charge in [-0.3, -0.25) is 0 Å². The lowest BCUT2D eigenvalue weighted by atomic mass is 10.0. The standard InChI is InChI=1S/C13H26N2O/c1-12-4-5-13(10-12,11-14)16-9-8-15-6-2-3-7-15/h12H,2-11,14H2,1H3. The summed E-state index contributed by atoms with van der Waals surface area (Å²) in [5.41, 5.74) is 5.90. The van der Waals surface area contributed by atoms with Crippen LogP contribution >= 0.6 is 0 Å². The molecule has 2 atom stereocenters. The van der Waals surface area contributed by atoms with Gasteiger partial charge in [-0.05, 0) is 51.1 Å². The zero-order valence-corrected chi connectivity index (χ0v) is 10.6. The summed E-state index contributed by atoms with van der Waals surface area (Å²) in [7, 11) is 0. The van der Waals surface area contributed by atoms with Crippen LogP contribution in [0.25, 0.3) is 0 Å². The van der Waals surface area contributed by atoms with Crippen LogP contribution in [0.15, 0.2) is 0 Å². The average Bonchev–Trinajstić information content (AvgIpc) is 2.89. The van der Waals surface area contributed by atoms with E-state index in [1.807, 2.05) is 0 Å². The van der Waals surface area contributed by atoms with E-state index in [0.717, 1.165) is 31.9 Å². The summed E-state index contributed by atoms with van der Waals surface area (Å²) >= 11 is 0. The molecule has 1 saturated heterocycles. The van der Waals surface area contributed by atoms with E-state index in [1.54, 1.807) is 0 Å². The van der Waals surface area contributed by atoms with Crippen LogP contribution in [-0.4, -0.2) is 43.3 Å². The number of hydrogen-bond donors (Lipinski definition) is 1. The molecule has 2 N–H and O–H groups in total. The molecule has 94 valence electrons. The van der Waals surface area contributed by atoms with Crippen LogP contribution in [0.2, 0.25) is 0 Å². The second-order valence-corrected chi connectivity index (χ2v) is 5.63. The largest absolute Gasteiger partial charge is 0.372 e. The van der Waals surface area contributed by atoms with Gasteiger partial charge in [0.1, 0.15) is 0 Å². The smallest absolute Gasteiger partial charge is 0.0807 e. The van der Waals surface area contributed by atoms with Gasteiger partial charge in [-0.2, -0.15) is 0 Å². The second-order valence-electron chi connectivity index (χ2n) is 5.63. The molecule has 3 heteroatoms. The van der Waals surface area contributed by atoms with E-state index in [-0.39, 0.29) is 5.60 Å². The molecule has 2 rings (SSSR count). The molecule has 2 fully saturated rings. The monoisotopic (exact) mass is 226 g/mol. The molecule has 0 bridgehead atoms. The van der Waals surface area contributed by atoms with Crippen molar-refractivity contribution in [1.29, 1.82) is 0 Å². The third-order valence-electron chi connectivity index (χ3n) is 4.20. The van der Waals surface area contributed by atoms with Gasteiger partial charge in [0.15, 0.2) is 0 Å². The molecule has 2 unspecified atom stereocenters. The van der Waals surface area contributed by atoms with Crippen molar-refractivity contribution in [3.8, 4) is 0 Å². The highest BCUT2D eigenvalue weighted by Crippen LogP contribution is 2.36. The summed E-state index contributed by atoms with van der Waals surface area (Å²) in [6, 6.07) is 0. The van der Waals surface area contributed by atoms with Crippen molar-refractivity contribution in [3.63, 3.8) is 0 Å². The van der Waals surface area contributed by atoms with Gasteiger partial charge in [-0.15, -0.1) is 0 Å².